The van der Waals surface area contributed by atoms with Crippen LogP contribution in [0, 0.1) is 6.42 Å². The lowest BCUT2D eigenvalue weighted by Crippen LogP contribution is -2.03. The Kier molecular flexibility index (Phi) is 4.15. The Morgan fingerprint density at radius 1 is 1.14 bits per heavy atom. The maximum Gasteiger partial charge on any atom is 0.0178 e. The molecule has 0 aromatic heterocycles. The molecule has 1 aromatic rings. The van der Waals surface area contributed by atoms with E-state index in [-0.39, 0.29) is 0 Å². The molecule has 0 amide bonds. The van der Waals surface area contributed by atoms with Gasteiger partial charge in [-0.25, -0.2) is 0 Å². The van der Waals surface area contributed by atoms with Crippen molar-refractivity contribution in [2.75, 3.05) is 0 Å². The largest absolute Gasteiger partial charge is 0.326 e. The summed E-state index contributed by atoms with van der Waals surface area (Å²) in [5, 5.41) is 0. The highest BCUT2D eigenvalue weighted by atomic mass is 14.5. The van der Waals surface area contributed by atoms with Gasteiger partial charge in [0.15, 0.2) is 0 Å². The van der Waals surface area contributed by atoms with Crippen molar-refractivity contribution < 1.29 is 0 Å². The Morgan fingerprint density at radius 3 is 1.93 bits per heavy atom. The molecule has 1 radical (unpaired) electrons. The minimum atomic E-state index is 0.643. The van der Waals surface area contributed by atoms with Gasteiger partial charge in [0.05, 0.1) is 0 Å². The Balaban J connectivity index is 3.24. The zero-order valence-electron chi connectivity index (χ0n) is 9.43. The van der Waals surface area contributed by atoms with Crippen LogP contribution in [0.4, 0.5) is 0 Å². The zero-order valence-corrected chi connectivity index (χ0v) is 9.43. The molecule has 0 aliphatic rings. The molecule has 0 saturated heterocycles. The lowest BCUT2D eigenvalue weighted by molar-refractivity contribution is 0.998. The lowest BCUT2D eigenvalue weighted by Gasteiger charge is -2.13. The van der Waals surface area contributed by atoms with Crippen molar-refractivity contribution in [1.29, 1.82) is 0 Å². The predicted octanol–water partition coefficient (Wildman–Crippen LogP) is 2.84. The van der Waals surface area contributed by atoms with E-state index in [4.69, 9.17) is 5.73 Å². The van der Waals surface area contributed by atoms with Crippen molar-refractivity contribution in [3.05, 3.63) is 40.8 Å². The summed E-state index contributed by atoms with van der Waals surface area (Å²) in [5.41, 5.74) is 11.2. The van der Waals surface area contributed by atoms with E-state index in [0.29, 0.717) is 6.54 Å². The van der Waals surface area contributed by atoms with Crippen LogP contribution in [0.25, 0.3) is 0 Å². The first-order valence-corrected chi connectivity index (χ1v) is 5.40. The summed E-state index contributed by atoms with van der Waals surface area (Å²) in [6.07, 6.45) is 4.37. The molecule has 0 aliphatic carbocycles. The van der Waals surface area contributed by atoms with Crippen LogP contribution in [-0.2, 0) is 19.4 Å². The normalized spacial score (nSPS) is 10.6. The molecular weight excluding hydrogens is 170 g/mol. The highest BCUT2D eigenvalue weighted by molar-refractivity contribution is 5.43. The van der Waals surface area contributed by atoms with Crippen molar-refractivity contribution in [1.82, 2.24) is 0 Å². The van der Waals surface area contributed by atoms with Crippen molar-refractivity contribution in [2.24, 2.45) is 5.73 Å². The third-order valence-corrected chi connectivity index (χ3v) is 2.70. The average molecular weight is 190 g/mol. The lowest BCUT2D eigenvalue weighted by atomic mass is 9.93. The van der Waals surface area contributed by atoms with E-state index < -0.39 is 0 Å². The van der Waals surface area contributed by atoms with E-state index in [0.717, 1.165) is 12.8 Å². The number of hydrogen-bond donors (Lipinski definition) is 1. The van der Waals surface area contributed by atoms with Crippen LogP contribution in [0.15, 0.2) is 12.1 Å². The van der Waals surface area contributed by atoms with Gasteiger partial charge in [-0.15, -0.1) is 0 Å². The van der Waals surface area contributed by atoms with Gasteiger partial charge in [-0.2, -0.15) is 0 Å². The van der Waals surface area contributed by atoms with Crippen molar-refractivity contribution in [3.63, 3.8) is 0 Å². The molecule has 0 unspecified atom stereocenters. The van der Waals surface area contributed by atoms with Gasteiger partial charge in [-0.05, 0) is 41.5 Å². The minimum Gasteiger partial charge on any atom is -0.326 e. The first-order valence-electron chi connectivity index (χ1n) is 5.40. The molecule has 1 heteroatoms. The van der Waals surface area contributed by atoms with Crippen LogP contribution < -0.4 is 5.73 Å². The maximum atomic E-state index is 5.68. The van der Waals surface area contributed by atoms with Gasteiger partial charge in [0, 0.05) is 6.54 Å². The molecule has 0 atom stereocenters. The Labute approximate surface area is 87.3 Å². The molecule has 14 heavy (non-hydrogen) atoms. The molecule has 0 fully saturated rings. The third-order valence-electron chi connectivity index (χ3n) is 2.70. The maximum absolute atomic E-state index is 5.68. The third kappa shape index (κ3) is 2.16. The van der Waals surface area contributed by atoms with Crippen LogP contribution in [0.1, 0.15) is 43.0 Å². The molecular formula is C13H20N. The van der Waals surface area contributed by atoms with Gasteiger partial charge in [-0.1, -0.05) is 32.9 Å². The van der Waals surface area contributed by atoms with Crippen molar-refractivity contribution in [2.45, 2.75) is 40.2 Å². The van der Waals surface area contributed by atoms with Gasteiger partial charge >= 0.3 is 0 Å². The standard InChI is InChI=1S/C13H20N/c1-4-11-7-10(9-14)8-12(5-2)13(11)6-3/h6-8H,4-5,9,14H2,1-3H3. The second-order valence-corrected chi connectivity index (χ2v) is 3.53. The quantitative estimate of drug-likeness (QED) is 0.776. The molecule has 2 N–H and O–H groups in total. The summed E-state index contributed by atoms with van der Waals surface area (Å²) >= 11 is 0. The Morgan fingerprint density at radius 2 is 1.64 bits per heavy atom. The zero-order chi connectivity index (χ0) is 10.6. The molecule has 77 valence electrons. The number of hydrogen-bond acceptors (Lipinski definition) is 1. The Hall–Kier alpha value is -0.820. The smallest absolute Gasteiger partial charge is 0.0178 e. The van der Waals surface area contributed by atoms with E-state index in [1.807, 2.05) is 0 Å². The summed E-state index contributed by atoms with van der Waals surface area (Å²) in [6.45, 7) is 7.14. The first-order chi connectivity index (χ1) is 6.76. The highest BCUT2D eigenvalue weighted by Crippen LogP contribution is 2.20. The van der Waals surface area contributed by atoms with Gasteiger partial charge < -0.3 is 5.73 Å². The van der Waals surface area contributed by atoms with E-state index in [1.165, 1.54) is 22.3 Å². The predicted molar refractivity (Wildman–Crippen MR) is 62.2 cm³/mol. The molecule has 1 aromatic carbocycles. The van der Waals surface area contributed by atoms with E-state index >= 15 is 0 Å². The van der Waals surface area contributed by atoms with E-state index in [9.17, 15) is 0 Å². The second-order valence-electron chi connectivity index (χ2n) is 3.53. The average Bonchev–Trinajstić information content (AvgIpc) is 2.26. The number of aryl methyl sites for hydroxylation is 2. The molecule has 0 spiro atoms. The van der Waals surface area contributed by atoms with Crippen LogP contribution in [0.3, 0.4) is 0 Å². The number of benzene rings is 1. The summed E-state index contributed by atoms with van der Waals surface area (Å²) in [7, 11) is 0. The Bertz CT molecular complexity index is 277. The van der Waals surface area contributed by atoms with Gasteiger partial charge in [0.25, 0.3) is 0 Å². The molecule has 0 saturated carbocycles. The van der Waals surface area contributed by atoms with Crippen LogP contribution in [-0.4, -0.2) is 0 Å². The topological polar surface area (TPSA) is 26.0 Å². The molecule has 1 nitrogen and oxygen atoms in total. The van der Waals surface area contributed by atoms with Gasteiger partial charge in [0.1, 0.15) is 0 Å². The fourth-order valence-corrected chi connectivity index (χ4v) is 1.92. The summed E-state index contributed by atoms with van der Waals surface area (Å²) in [5.74, 6) is 0. The second kappa shape index (κ2) is 5.16. The summed E-state index contributed by atoms with van der Waals surface area (Å²) in [4.78, 5) is 0. The highest BCUT2D eigenvalue weighted by Gasteiger charge is 2.06. The number of nitrogens with two attached hydrogens (primary N) is 1. The monoisotopic (exact) mass is 190 g/mol. The summed E-state index contributed by atoms with van der Waals surface area (Å²) < 4.78 is 0. The minimum absolute atomic E-state index is 0.643. The van der Waals surface area contributed by atoms with E-state index in [2.05, 4.69) is 39.3 Å². The SMILES string of the molecule is C[CH]c1c(CC)cc(CN)cc1CC. The van der Waals surface area contributed by atoms with Gasteiger partial charge in [0.2, 0.25) is 0 Å². The van der Waals surface area contributed by atoms with E-state index in [1.54, 1.807) is 0 Å². The fraction of sp³-hybridized carbons (Fsp3) is 0.462. The van der Waals surface area contributed by atoms with Crippen molar-refractivity contribution >= 4 is 0 Å². The van der Waals surface area contributed by atoms with Crippen LogP contribution in [0.2, 0.25) is 0 Å². The van der Waals surface area contributed by atoms with Crippen LogP contribution >= 0.6 is 0 Å². The van der Waals surface area contributed by atoms with Crippen LogP contribution in [0.5, 0.6) is 0 Å². The summed E-state index contributed by atoms with van der Waals surface area (Å²) in [6, 6.07) is 4.46. The first kappa shape index (κ1) is 11.3. The molecule has 0 heterocycles. The molecule has 1 rings (SSSR count). The van der Waals surface area contributed by atoms with Crippen molar-refractivity contribution in [3.8, 4) is 0 Å². The molecule has 0 bridgehead atoms. The molecule has 0 aliphatic heterocycles. The number of rotatable bonds is 4. The van der Waals surface area contributed by atoms with Gasteiger partial charge in [-0.3, -0.25) is 0 Å². The fourth-order valence-electron chi connectivity index (χ4n) is 1.92.